The van der Waals surface area contributed by atoms with E-state index in [1.807, 2.05) is 6.07 Å². The van der Waals surface area contributed by atoms with Crippen molar-refractivity contribution in [2.45, 2.75) is 111 Å². The Kier molecular flexibility index (Phi) is 12.2. The van der Waals surface area contributed by atoms with Gasteiger partial charge >= 0.3 is 11.0 Å². The predicted octanol–water partition coefficient (Wildman–Crippen LogP) is 7.91. The van der Waals surface area contributed by atoms with E-state index in [9.17, 15) is 19.2 Å². The van der Waals surface area contributed by atoms with Crippen LogP contribution in [-0.4, -0.2) is 35.2 Å². The molecule has 2 rings (SSSR count). The van der Waals surface area contributed by atoms with Gasteiger partial charge in [-0.1, -0.05) is 92.1 Å². The minimum absolute atomic E-state index is 0.0612. The van der Waals surface area contributed by atoms with Crippen LogP contribution in [0.1, 0.15) is 106 Å². The van der Waals surface area contributed by atoms with Crippen LogP contribution < -0.4 is 15.4 Å². The Morgan fingerprint density at radius 1 is 0.818 bits per heavy atom. The lowest BCUT2D eigenvalue weighted by molar-refractivity contribution is -0.164. The molecule has 9 heteroatoms. The van der Waals surface area contributed by atoms with Crippen LogP contribution in [0.25, 0.3) is 0 Å². The smallest absolute Gasteiger partial charge is 0.322 e. The molecule has 0 heterocycles. The van der Waals surface area contributed by atoms with Gasteiger partial charge in [-0.2, -0.15) is 0 Å². The fourth-order valence-corrected chi connectivity index (χ4v) is 4.84. The van der Waals surface area contributed by atoms with Gasteiger partial charge in [0.1, 0.15) is 5.75 Å². The van der Waals surface area contributed by atoms with Crippen LogP contribution in [0, 0.1) is 5.41 Å². The molecule has 2 amide bonds. The number of ketones is 1. The summed E-state index contributed by atoms with van der Waals surface area (Å²) in [4.78, 5) is 50.3. The van der Waals surface area contributed by atoms with E-state index < -0.39 is 28.1 Å². The molecule has 0 aliphatic rings. The molecule has 8 nitrogen and oxygen atoms in total. The van der Waals surface area contributed by atoms with Gasteiger partial charge in [-0.05, 0) is 59.9 Å². The van der Waals surface area contributed by atoms with Crippen LogP contribution in [-0.2, 0) is 34.7 Å². The van der Waals surface area contributed by atoms with E-state index in [2.05, 4.69) is 64.3 Å². The summed E-state index contributed by atoms with van der Waals surface area (Å²) >= 11 is 6.30. The number of amides is 2. The van der Waals surface area contributed by atoms with E-state index in [1.165, 1.54) is 17.2 Å². The van der Waals surface area contributed by atoms with Crippen molar-refractivity contribution >= 4 is 46.5 Å². The molecule has 1 atom stereocenters. The topological polar surface area (TPSA) is 111 Å². The number of alkyl halides is 1. The van der Waals surface area contributed by atoms with Crippen LogP contribution in [0.2, 0.25) is 0 Å². The molecule has 2 aromatic carbocycles. The van der Waals surface area contributed by atoms with Crippen LogP contribution in [0.4, 0.5) is 11.4 Å². The number of ether oxygens (including phenoxy) is 2. The molecule has 0 aliphatic carbocycles. The van der Waals surface area contributed by atoms with Crippen molar-refractivity contribution in [2.24, 2.45) is 5.41 Å². The monoisotopic (exact) mass is 628 g/mol. The number of benzene rings is 2. The highest BCUT2D eigenvalue weighted by Crippen LogP contribution is 2.38. The van der Waals surface area contributed by atoms with E-state index in [0.717, 1.165) is 25.5 Å². The number of halogens is 1. The van der Waals surface area contributed by atoms with E-state index >= 15 is 0 Å². The van der Waals surface area contributed by atoms with Crippen molar-refractivity contribution in [3.8, 4) is 5.75 Å². The number of hydrogen-bond donors (Lipinski definition) is 2. The lowest BCUT2D eigenvalue weighted by Crippen LogP contribution is -2.52. The molecule has 242 valence electrons. The largest absolute Gasteiger partial charge is 0.493 e. The fourth-order valence-electron chi connectivity index (χ4n) is 4.40. The van der Waals surface area contributed by atoms with E-state index in [4.69, 9.17) is 21.1 Å². The van der Waals surface area contributed by atoms with Gasteiger partial charge in [-0.3, -0.25) is 19.2 Å². The SMILES string of the molecule is CCC(C)(C)c1ccc(OCCCC(=O)Nc2cccc(NC(=O)C(Cl)(OC(C)=O)C(=O)C(C)(C)C)c2)c(C(C)(C)CC)c1. The molecule has 0 spiro atoms. The van der Waals surface area contributed by atoms with Gasteiger partial charge in [-0.15, -0.1) is 0 Å². The summed E-state index contributed by atoms with van der Waals surface area (Å²) in [5.74, 6) is -2.03. The van der Waals surface area contributed by atoms with E-state index in [1.54, 1.807) is 39.0 Å². The van der Waals surface area contributed by atoms with Gasteiger partial charge in [0.15, 0.2) is 0 Å². The number of carbonyl (C=O) groups excluding carboxylic acids is 4. The van der Waals surface area contributed by atoms with Crippen molar-refractivity contribution in [2.75, 3.05) is 17.2 Å². The molecule has 0 saturated heterocycles. The third-order valence-corrected chi connectivity index (χ3v) is 8.44. The first kappa shape index (κ1) is 36.8. The fraction of sp³-hybridized carbons (Fsp3) is 0.543. The molecule has 0 saturated carbocycles. The molecule has 0 fully saturated rings. The first-order valence-electron chi connectivity index (χ1n) is 15.2. The summed E-state index contributed by atoms with van der Waals surface area (Å²) in [6.07, 6.45) is 2.72. The Morgan fingerprint density at radius 3 is 1.95 bits per heavy atom. The number of hydrogen-bond acceptors (Lipinski definition) is 6. The lowest BCUT2D eigenvalue weighted by Gasteiger charge is -2.30. The van der Waals surface area contributed by atoms with Crippen molar-refractivity contribution in [3.05, 3.63) is 53.6 Å². The van der Waals surface area contributed by atoms with Crippen LogP contribution >= 0.6 is 11.6 Å². The normalized spacial score (nSPS) is 13.4. The first-order chi connectivity index (χ1) is 20.3. The summed E-state index contributed by atoms with van der Waals surface area (Å²) in [6, 6.07) is 12.8. The Balaban J connectivity index is 2.05. The zero-order valence-electron chi connectivity index (χ0n) is 27.9. The zero-order chi connectivity index (χ0) is 33.5. The van der Waals surface area contributed by atoms with Crippen molar-refractivity contribution < 1.29 is 28.7 Å². The number of Topliss-reactive ketones (excluding diaryl/α,β-unsaturated/α-hetero) is 1. The Labute approximate surface area is 267 Å². The van der Waals surface area contributed by atoms with Gasteiger partial charge in [0.25, 0.3) is 5.91 Å². The third kappa shape index (κ3) is 9.55. The first-order valence-corrected chi connectivity index (χ1v) is 15.6. The Morgan fingerprint density at radius 2 is 1.41 bits per heavy atom. The molecule has 0 bridgehead atoms. The van der Waals surface area contributed by atoms with Crippen LogP contribution in [0.5, 0.6) is 5.75 Å². The summed E-state index contributed by atoms with van der Waals surface area (Å²) in [7, 11) is 0. The molecule has 0 radical (unpaired) electrons. The van der Waals surface area contributed by atoms with Crippen LogP contribution in [0.15, 0.2) is 42.5 Å². The second-order valence-corrected chi connectivity index (χ2v) is 14.0. The molecule has 0 aromatic heterocycles. The number of anilines is 2. The highest BCUT2D eigenvalue weighted by Gasteiger charge is 2.52. The quantitative estimate of drug-likeness (QED) is 0.0952. The molecule has 2 N–H and O–H groups in total. The Hall–Kier alpha value is -3.39. The molecular weight excluding hydrogens is 580 g/mol. The predicted molar refractivity (Wildman–Crippen MR) is 176 cm³/mol. The van der Waals surface area contributed by atoms with Gasteiger partial charge in [-0.25, -0.2) is 0 Å². The second kappa shape index (κ2) is 14.6. The molecule has 2 aromatic rings. The number of nitrogens with one attached hydrogen (secondary N) is 2. The van der Waals surface area contributed by atoms with Gasteiger partial charge in [0.05, 0.1) is 6.61 Å². The number of carbonyl (C=O) groups is 4. The zero-order valence-corrected chi connectivity index (χ0v) is 28.7. The average molecular weight is 629 g/mol. The van der Waals surface area contributed by atoms with Gasteiger partial charge < -0.3 is 20.1 Å². The average Bonchev–Trinajstić information content (AvgIpc) is 2.94. The van der Waals surface area contributed by atoms with Gasteiger partial charge in [0, 0.05) is 35.7 Å². The molecule has 0 aliphatic heterocycles. The van der Waals surface area contributed by atoms with Crippen molar-refractivity contribution in [1.82, 2.24) is 0 Å². The molecule has 1 unspecified atom stereocenters. The minimum atomic E-state index is -2.54. The summed E-state index contributed by atoms with van der Waals surface area (Å²) in [5.41, 5.74) is 2.09. The van der Waals surface area contributed by atoms with Crippen LogP contribution in [0.3, 0.4) is 0 Å². The molecule has 44 heavy (non-hydrogen) atoms. The van der Waals surface area contributed by atoms with Gasteiger partial charge in [0.2, 0.25) is 11.7 Å². The van der Waals surface area contributed by atoms with Crippen molar-refractivity contribution in [3.63, 3.8) is 0 Å². The Bertz CT molecular complexity index is 1360. The third-order valence-electron chi connectivity index (χ3n) is 8.02. The lowest BCUT2D eigenvalue weighted by atomic mass is 9.76. The number of esters is 1. The summed E-state index contributed by atoms with van der Waals surface area (Å²) in [5, 5.41) is 2.80. The number of rotatable bonds is 14. The van der Waals surface area contributed by atoms with E-state index in [0.29, 0.717) is 18.7 Å². The summed E-state index contributed by atoms with van der Waals surface area (Å²) < 4.78 is 11.2. The van der Waals surface area contributed by atoms with E-state index in [-0.39, 0.29) is 28.8 Å². The standard InChI is InChI=1S/C35H49ClN2O6/c1-11-33(7,8)24-18-19-28(27(21-24)34(9,10)12-2)43-20-14-17-29(40)37-25-15-13-16-26(22-25)38-31(42)35(36,44-23(3)39)30(41)32(4,5)6/h13,15-16,18-19,21-22H,11-12,14,17,20H2,1-10H3,(H,37,40)(H,38,42). The second-order valence-electron chi connectivity index (χ2n) is 13.5. The minimum Gasteiger partial charge on any atom is -0.493 e. The van der Waals surface area contributed by atoms with Crippen molar-refractivity contribution in [1.29, 1.82) is 0 Å². The maximum atomic E-state index is 13.0. The summed E-state index contributed by atoms with van der Waals surface area (Å²) in [6.45, 7) is 19.4. The molecular formula is C35H49ClN2O6. The maximum Gasteiger partial charge on any atom is 0.322 e. The highest BCUT2D eigenvalue weighted by molar-refractivity contribution is 6.47. The maximum absolute atomic E-state index is 13.0. The highest BCUT2D eigenvalue weighted by atomic mass is 35.5.